The lowest BCUT2D eigenvalue weighted by atomic mass is 10.1. The number of carbonyl (C=O) groups is 1. The van der Waals surface area contributed by atoms with Crippen LogP contribution in [0.4, 0.5) is 0 Å². The molecule has 0 aromatic carbocycles. The van der Waals surface area contributed by atoms with Crippen LogP contribution >= 0.6 is 7.82 Å². The maximum atomic E-state index is 12.6. The Hall–Kier alpha value is -2.32. The number of hydrogen-bond donors (Lipinski definition) is 1. The first-order valence-electron chi connectivity index (χ1n) is 19.3. The van der Waals surface area contributed by atoms with Crippen molar-refractivity contribution in [3.05, 3.63) is 85.1 Å². The highest BCUT2D eigenvalue weighted by atomic mass is 31.2. The average Bonchev–Trinajstić information content (AvgIpc) is 3.08. The number of allylic oxidation sites excluding steroid dienone is 13. The fourth-order valence-electron chi connectivity index (χ4n) is 4.48. The van der Waals surface area contributed by atoms with E-state index in [-0.39, 0.29) is 32.2 Å². The smallest absolute Gasteiger partial charge is 0.457 e. The molecule has 0 aromatic rings. The number of hydrogen-bond acceptors (Lipinski definition) is 6. The molecule has 2 atom stereocenters. The summed E-state index contributed by atoms with van der Waals surface area (Å²) in [6.45, 7) is 5.15. The van der Waals surface area contributed by atoms with Crippen LogP contribution in [0.15, 0.2) is 85.1 Å². The van der Waals surface area contributed by atoms with Crippen LogP contribution in [0.5, 0.6) is 0 Å². The molecular weight excluding hydrogens is 661 g/mol. The zero-order chi connectivity index (χ0) is 37.7. The van der Waals surface area contributed by atoms with E-state index in [0.29, 0.717) is 24.1 Å². The highest BCUT2D eigenvalue weighted by Crippen LogP contribution is 2.43. The van der Waals surface area contributed by atoms with Gasteiger partial charge in [0.05, 0.1) is 41.0 Å². The first-order valence-corrected chi connectivity index (χ1v) is 20.8. The first-order chi connectivity index (χ1) is 24.6. The predicted molar refractivity (Wildman–Crippen MR) is 215 cm³/mol. The number of nitrogens with zero attached hydrogens (tertiary/aromatic N) is 1. The topological polar surface area (TPSA) is 91.3 Å². The van der Waals surface area contributed by atoms with Gasteiger partial charge in [0, 0.05) is 6.42 Å². The maximum Gasteiger partial charge on any atom is 0.472 e. The Morgan fingerprint density at radius 3 is 1.71 bits per heavy atom. The van der Waals surface area contributed by atoms with Gasteiger partial charge in [-0.15, -0.1) is 0 Å². The molecule has 0 bridgehead atoms. The molecule has 0 aromatic heterocycles. The lowest BCUT2D eigenvalue weighted by Crippen LogP contribution is -2.37. The number of quaternary nitrogens is 1. The van der Waals surface area contributed by atoms with E-state index in [1.807, 2.05) is 21.1 Å². The fraction of sp³-hybridized carbons (Fsp3) is 0.643. The lowest BCUT2D eigenvalue weighted by Gasteiger charge is -2.24. The van der Waals surface area contributed by atoms with E-state index in [2.05, 4.69) is 98.9 Å². The second-order valence-electron chi connectivity index (χ2n) is 13.6. The largest absolute Gasteiger partial charge is 0.472 e. The number of esters is 1. The molecule has 0 heterocycles. The van der Waals surface area contributed by atoms with Gasteiger partial charge in [-0.2, -0.15) is 0 Å². The summed E-state index contributed by atoms with van der Waals surface area (Å²) < 4.78 is 34.7. The Bertz CT molecular complexity index is 1090. The molecule has 0 radical (unpaired) electrons. The Morgan fingerprint density at radius 1 is 0.627 bits per heavy atom. The molecule has 0 spiro atoms. The molecule has 9 heteroatoms. The van der Waals surface area contributed by atoms with Gasteiger partial charge in [-0.25, -0.2) is 4.57 Å². The number of likely N-dealkylation sites (N-methyl/N-ethyl adjacent to an activating group) is 1. The third kappa shape index (κ3) is 38.7. The minimum absolute atomic E-state index is 0.0667. The molecule has 2 unspecified atom stereocenters. The summed E-state index contributed by atoms with van der Waals surface area (Å²) in [4.78, 5) is 22.8. The summed E-state index contributed by atoms with van der Waals surface area (Å²) >= 11 is 0. The van der Waals surface area contributed by atoms with Gasteiger partial charge in [-0.1, -0.05) is 125 Å². The SMILES string of the molecule is CC/C=C\C/C=C\C/C=C\C/C=C\C/C=C\CCOCC(COP(=O)(O)OCC[N+](C)(C)C)OC(=O)CCCCCCC/C=C\C/C=C\CCC. The predicted octanol–water partition coefficient (Wildman–Crippen LogP) is 10.9. The number of rotatable bonds is 34. The number of ether oxygens (including phenoxy) is 2. The maximum absolute atomic E-state index is 12.6. The minimum Gasteiger partial charge on any atom is -0.457 e. The summed E-state index contributed by atoms with van der Waals surface area (Å²) in [7, 11) is 1.59. The van der Waals surface area contributed by atoms with Crippen LogP contribution in [0.2, 0.25) is 0 Å². The van der Waals surface area contributed by atoms with Crippen molar-refractivity contribution in [3.63, 3.8) is 0 Å². The highest BCUT2D eigenvalue weighted by molar-refractivity contribution is 7.47. The van der Waals surface area contributed by atoms with Crippen LogP contribution in [-0.4, -0.2) is 75.6 Å². The normalized spacial score (nSPS) is 14.9. The summed E-state index contributed by atoms with van der Waals surface area (Å²) in [6.07, 6.45) is 45.0. The van der Waals surface area contributed by atoms with Crippen LogP contribution in [0.1, 0.15) is 117 Å². The summed E-state index contributed by atoms with van der Waals surface area (Å²) in [5.74, 6) is -0.359. The van der Waals surface area contributed by atoms with E-state index >= 15 is 0 Å². The fourth-order valence-corrected chi connectivity index (χ4v) is 5.22. The van der Waals surface area contributed by atoms with Crippen LogP contribution in [0.3, 0.4) is 0 Å². The molecule has 0 rings (SSSR count). The van der Waals surface area contributed by atoms with Crippen molar-refractivity contribution in [1.29, 1.82) is 0 Å². The van der Waals surface area contributed by atoms with Crippen molar-refractivity contribution in [2.45, 2.75) is 123 Å². The van der Waals surface area contributed by atoms with Gasteiger partial charge in [-0.3, -0.25) is 13.8 Å². The van der Waals surface area contributed by atoms with Crippen molar-refractivity contribution in [1.82, 2.24) is 0 Å². The molecular formula is C42H73NO7P+. The monoisotopic (exact) mass is 735 g/mol. The van der Waals surface area contributed by atoms with E-state index in [9.17, 15) is 14.3 Å². The van der Waals surface area contributed by atoms with Crippen molar-refractivity contribution in [2.24, 2.45) is 0 Å². The summed E-state index contributed by atoms with van der Waals surface area (Å²) in [5, 5.41) is 0. The number of carbonyl (C=O) groups excluding carboxylic acids is 1. The molecule has 8 nitrogen and oxygen atoms in total. The van der Waals surface area contributed by atoms with Gasteiger partial charge < -0.3 is 18.9 Å². The molecule has 0 fully saturated rings. The quantitative estimate of drug-likeness (QED) is 0.0231. The Balaban J connectivity index is 4.48. The van der Waals surface area contributed by atoms with Gasteiger partial charge in [-0.05, 0) is 70.6 Å². The molecule has 0 amide bonds. The van der Waals surface area contributed by atoms with Crippen molar-refractivity contribution < 1.29 is 37.3 Å². The van der Waals surface area contributed by atoms with E-state index in [0.717, 1.165) is 83.5 Å². The first kappa shape index (κ1) is 48.7. The van der Waals surface area contributed by atoms with E-state index in [4.69, 9.17) is 18.5 Å². The van der Waals surface area contributed by atoms with Gasteiger partial charge in [0.25, 0.3) is 0 Å². The molecule has 0 aliphatic heterocycles. The molecule has 0 saturated carbocycles. The van der Waals surface area contributed by atoms with Crippen LogP contribution in [0, 0.1) is 0 Å². The molecule has 292 valence electrons. The zero-order valence-electron chi connectivity index (χ0n) is 32.8. The number of unbranched alkanes of at least 4 members (excludes halogenated alkanes) is 6. The average molecular weight is 735 g/mol. The molecule has 0 saturated heterocycles. The highest BCUT2D eigenvalue weighted by Gasteiger charge is 2.26. The van der Waals surface area contributed by atoms with Crippen LogP contribution in [0.25, 0.3) is 0 Å². The second kappa shape index (κ2) is 34.7. The van der Waals surface area contributed by atoms with Gasteiger partial charge >= 0.3 is 13.8 Å². The molecule has 1 N–H and O–H groups in total. The van der Waals surface area contributed by atoms with Crippen molar-refractivity contribution in [2.75, 3.05) is 54.1 Å². The van der Waals surface area contributed by atoms with Gasteiger partial charge in [0.2, 0.25) is 0 Å². The van der Waals surface area contributed by atoms with Crippen LogP contribution in [-0.2, 0) is 27.9 Å². The third-order valence-electron chi connectivity index (χ3n) is 7.44. The van der Waals surface area contributed by atoms with Gasteiger partial charge in [0.15, 0.2) is 0 Å². The number of phosphoric acid groups is 1. The van der Waals surface area contributed by atoms with Crippen molar-refractivity contribution in [3.8, 4) is 0 Å². The summed E-state index contributed by atoms with van der Waals surface area (Å²) in [5.41, 5.74) is 0. The van der Waals surface area contributed by atoms with E-state index < -0.39 is 13.9 Å². The third-order valence-corrected chi connectivity index (χ3v) is 8.43. The van der Waals surface area contributed by atoms with Gasteiger partial charge in [0.1, 0.15) is 19.3 Å². The second-order valence-corrected chi connectivity index (χ2v) is 15.0. The van der Waals surface area contributed by atoms with Crippen molar-refractivity contribution >= 4 is 13.8 Å². The molecule has 0 aliphatic rings. The van der Waals surface area contributed by atoms with Crippen LogP contribution < -0.4 is 0 Å². The lowest BCUT2D eigenvalue weighted by molar-refractivity contribution is -0.870. The van der Waals surface area contributed by atoms with E-state index in [1.165, 1.54) is 6.42 Å². The van der Waals surface area contributed by atoms with E-state index in [1.54, 1.807) is 0 Å². The summed E-state index contributed by atoms with van der Waals surface area (Å²) in [6, 6.07) is 0. The Labute approximate surface area is 312 Å². The molecule has 51 heavy (non-hydrogen) atoms. The Kier molecular flexibility index (Phi) is 33.2. The molecule has 0 aliphatic carbocycles. The zero-order valence-corrected chi connectivity index (χ0v) is 33.7. The minimum atomic E-state index is -4.30. The standard InChI is InChI=1S/C42H72NO7P/c1-6-8-10-12-14-16-18-20-21-22-24-26-28-30-32-34-37-47-39-41(40-49-51(45,46)48-38-36-43(3,4)5)50-42(44)35-33-31-29-27-25-23-19-17-15-13-11-9-7-2/h8,10-11,13-14,16-17,19-21,24,26,30,32,41H,6-7,9,12,15,18,22-23,25,27-29,31,33-40H2,1-5H3/p+1/b10-8-,13-11-,16-14-,19-17-,21-20-,26-24-,32-30-. The number of phosphoric ester groups is 1. The Morgan fingerprint density at radius 2 is 1.14 bits per heavy atom.